The van der Waals surface area contributed by atoms with Gasteiger partial charge in [0.05, 0.1) is 11.7 Å². The lowest BCUT2D eigenvalue weighted by molar-refractivity contribution is -0.199. The Kier molecular flexibility index (Phi) is 3.26. The van der Waals surface area contributed by atoms with Crippen molar-refractivity contribution in [3.8, 4) is 0 Å². The third-order valence-electron chi connectivity index (χ3n) is 6.40. The van der Waals surface area contributed by atoms with E-state index in [9.17, 15) is 0 Å². The second kappa shape index (κ2) is 4.36. The van der Waals surface area contributed by atoms with Crippen molar-refractivity contribution in [2.45, 2.75) is 64.1 Å². The van der Waals surface area contributed by atoms with Gasteiger partial charge in [0.2, 0.25) is 0 Å². The quantitative estimate of drug-likeness (QED) is 0.751. The molecule has 0 radical (unpaired) electrons. The van der Waals surface area contributed by atoms with Gasteiger partial charge in [0.15, 0.2) is 0 Å². The van der Waals surface area contributed by atoms with Crippen LogP contribution in [0.5, 0.6) is 0 Å². The summed E-state index contributed by atoms with van der Waals surface area (Å²) in [6.45, 7) is 8.25. The Balaban J connectivity index is 0.00000110. The van der Waals surface area contributed by atoms with E-state index in [4.69, 9.17) is 9.31 Å². The standard InChI is InChI=1S/C14H24BNO2.ClH/c1-13(2)9-7-10(13)14(3)11(8-9)17-15(18-14)12-5-4-6-16-12;/h9-12,16H,4-8H2,1-3H3;1H/t9-,10-,11+,12+,14+;/m1./s1. The van der Waals surface area contributed by atoms with Gasteiger partial charge in [0, 0.05) is 5.94 Å². The van der Waals surface area contributed by atoms with Crippen molar-refractivity contribution in [2.24, 2.45) is 17.3 Å². The summed E-state index contributed by atoms with van der Waals surface area (Å²) in [7, 11) is -0.00218. The van der Waals surface area contributed by atoms with Crippen molar-refractivity contribution >= 4 is 19.5 Å². The molecule has 0 aromatic heterocycles. The van der Waals surface area contributed by atoms with Crippen molar-refractivity contribution < 1.29 is 9.31 Å². The predicted molar refractivity (Wildman–Crippen MR) is 78.4 cm³/mol. The van der Waals surface area contributed by atoms with Gasteiger partial charge in [-0.2, -0.15) is 0 Å². The third-order valence-corrected chi connectivity index (χ3v) is 6.40. The number of rotatable bonds is 1. The monoisotopic (exact) mass is 285 g/mol. The molecule has 0 aromatic carbocycles. The summed E-state index contributed by atoms with van der Waals surface area (Å²) in [4.78, 5) is 0. The van der Waals surface area contributed by atoms with E-state index in [-0.39, 0.29) is 25.1 Å². The van der Waals surface area contributed by atoms with Gasteiger partial charge in [0.25, 0.3) is 0 Å². The SMILES string of the molecule is CC1(C)[C@H]2C[C@@H]3OB([C@@H]4CCCN4)O[C@@]3(C)[C@@H]1C2.Cl. The Morgan fingerprint density at radius 3 is 2.63 bits per heavy atom. The fourth-order valence-corrected chi connectivity index (χ4v) is 5.01. The van der Waals surface area contributed by atoms with Crippen LogP contribution < -0.4 is 5.32 Å². The third kappa shape index (κ3) is 1.76. The molecule has 5 fully saturated rings. The second-order valence-corrected chi connectivity index (χ2v) is 7.54. The van der Waals surface area contributed by atoms with Gasteiger partial charge in [-0.1, -0.05) is 13.8 Å². The maximum atomic E-state index is 6.44. The lowest BCUT2D eigenvalue weighted by atomic mass is 9.43. The minimum absolute atomic E-state index is 0. The molecule has 3 nitrogen and oxygen atoms in total. The predicted octanol–water partition coefficient (Wildman–Crippen LogP) is 2.43. The van der Waals surface area contributed by atoms with Crippen LogP contribution in [-0.2, 0) is 9.31 Å². The van der Waals surface area contributed by atoms with Crippen LogP contribution in [0.1, 0.15) is 46.5 Å². The Hall–Kier alpha value is 0.235. The zero-order chi connectivity index (χ0) is 12.5. The molecule has 5 atom stereocenters. The largest absolute Gasteiger partial charge is 0.475 e. The maximum absolute atomic E-state index is 6.44. The minimum Gasteiger partial charge on any atom is -0.404 e. The lowest BCUT2D eigenvalue weighted by Crippen LogP contribution is -2.65. The van der Waals surface area contributed by atoms with E-state index < -0.39 is 0 Å². The van der Waals surface area contributed by atoms with Crippen molar-refractivity contribution in [3.05, 3.63) is 0 Å². The molecule has 0 aromatic rings. The molecule has 3 aliphatic carbocycles. The molecule has 0 spiro atoms. The molecule has 2 bridgehead atoms. The molecule has 3 saturated carbocycles. The van der Waals surface area contributed by atoms with Gasteiger partial charge in [-0.3, -0.25) is 0 Å². The maximum Gasteiger partial charge on any atom is 0.475 e. The molecular weight excluding hydrogens is 260 g/mol. The van der Waals surface area contributed by atoms with Gasteiger partial charge in [-0.05, 0) is 56.4 Å². The first-order valence-electron chi connectivity index (χ1n) is 7.58. The fourth-order valence-electron chi connectivity index (χ4n) is 5.01. The van der Waals surface area contributed by atoms with E-state index in [0.717, 1.165) is 12.5 Å². The van der Waals surface area contributed by atoms with Crippen LogP contribution >= 0.6 is 12.4 Å². The van der Waals surface area contributed by atoms with Crippen LogP contribution in [-0.4, -0.2) is 31.3 Å². The molecule has 5 rings (SSSR count). The van der Waals surface area contributed by atoms with Crippen LogP contribution in [0.3, 0.4) is 0 Å². The summed E-state index contributed by atoms with van der Waals surface area (Å²) >= 11 is 0. The number of halogens is 1. The lowest BCUT2D eigenvalue weighted by Gasteiger charge is -2.64. The van der Waals surface area contributed by atoms with Gasteiger partial charge < -0.3 is 14.6 Å². The van der Waals surface area contributed by atoms with Crippen molar-refractivity contribution in [1.82, 2.24) is 5.32 Å². The Morgan fingerprint density at radius 1 is 1.21 bits per heavy atom. The molecule has 0 unspecified atom stereocenters. The first-order chi connectivity index (χ1) is 8.52. The highest BCUT2D eigenvalue weighted by molar-refractivity contribution is 6.47. The Labute approximate surface area is 122 Å². The van der Waals surface area contributed by atoms with Gasteiger partial charge in [0.1, 0.15) is 0 Å². The first kappa shape index (κ1) is 14.2. The topological polar surface area (TPSA) is 30.5 Å². The summed E-state index contributed by atoms with van der Waals surface area (Å²) in [6.07, 6.45) is 5.33. The van der Waals surface area contributed by atoms with E-state index in [2.05, 4.69) is 26.1 Å². The average molecular weight is 286 g/mol. The summed E-state index contributed by atoms with van der Waals surface area (Å²) in [5, 5.41) is 3.52. The number of hydrogen-bond donors (Lipinski definition) is 1. The van der Waals surface area contributed by atoms with E-state index in [0.29, 0.717) is 23.4 Å². The summed E-state index contributed by atoms with van der Waals surface area (Å²) in [5.74, 6) is 1.95. The molecule has 2 saturated heterocycles. The van der Waals surface area contributed by atoms with Crippen molar-refractivity contribution in [1.29, 1.82) is 0 Å². The summed E-state index contributed by atoms with van der Waals surface area (Å²) in [6, 6.07) is 0. The average Bonchev–Trinajstić information content (AvgIpc) is 2.92. The molecule has 108 valence electrons. The molecular formula is C14H25BClNO2. The van der Waals surface area contributed by atoms with Crippen LogP contribution in [0.25, 0.3) is 0 Å². The highest BCUT2D eigenvalue weighted by Gasteiger charge is 2.68. The van der Waals surface area contributed by atoms with Crippen molar-refractivity contribution in [2.75, 3.05) is 6.54 Å². The van der Waals surface area contributed by atoms with Crippen LogP contribution in [0, 0.1) is 17.3 Å². The highest BCUT2D eigenvalue weighted by atomic mass is 35.5. The van der Waals surface area contributed by atoms with E-state index in [1.54, 1.807) is 0 Å². The normalized spacial score (nSPS) is 50.4. The minimum atomic E-state index is -0.0345. The number of hydrogen-bond acceptors (Lipinski definition) is 3. The summed E-state index contributed by atoms with van der Waals surface area (Å²) in [5.41, 5.74) is 0.416. The Bertz CT molecular complexity index is 374. The zero-order valence-corrected chi connectivity index (χ0v) is 13.0. The van der Waals surface area contributed by atoms with Gasteiger partial charge >= 0.3 is 7.12 Å². The first-order valence-corrected chi connectivity index (χ1v) is 7.58. The van der Waals surface area contributed by atoms with E-state index in [1.807, 2.05) is 0 Å². The van der Waals surface area contributed by atoms with Crippen molar-refractivity contribution in [3.63, 3.8) is 0 Å². The van der Waals surface area contributed by atoms with Crippen LogP contribution in [0.4, 0.5) is 0 Å². The molecule has 2 heterocycles. The molecule has 5 heteroatoms. The van der Waals surface area contributed by atoms with Crippen LogP contribution in [0.2, 0.25) is 0 Å². The fraction of sp³-hybridized carbons (Fsp3) is 1.00. The van der Waals surface area contributed by atoms with E-state index in [1.165, 1.54) is 25.7 Å². The Morgan fingerprint density at radius 2 is 2.00 bits per heavy atom. The summed E-state index contributed by atoms with van der Waals surface area (Å²) < 4.78 is 12.7. The zero-order valence-electron chi connectivity index (χ0n) is 12.1. The second-order valence-electron chi connectivity index (χ2n) is 7.54. The molecule has 0 amide bonds. The molecule has 19 heavy (non-hydrogen) atoms. The highest BCUT2D eigenvalue weighted by Crippen LogP contribution is 2.65. The van der Waals surface area contributed by atoms with Gasteiger partial charge in [-0.15, -0.1) is 12.4 Å². The molecule has 1 N–H and O–H groups in total. The molecule has 2 aliphatic heterocycles. The van der Waals surface area contributed by atoms with Gasteiger partial charge in [-0.25, -0.2) is 0 Å². The van der Waals surface area contributed by atoms with E-state index >= 15 is 0 Å². The molecule has 5 aliphatic rings. The number of nitrogens with one attached hydrogen (secondary N) is 1. The smallest absolute Gasteiger partial charge is 0.404 e. The van der Waals surface area contributed by atoms with Crippen LogP contribution in [0.15, 0.2) is 0 Å².